The van der Waals surface area contributed by atoms with Gasteiger partial charge in [0.1, 0.15) is 22.7 Å². The van der Waals surface area contributed by atoms with Crippen LogP contribution in [0.2, 0.25) is 0 Å². The number of fused-ring (bicyclic) bond motifs is 2. The van der Waals surface area contributed by atoms with Gasteiger partial charge in [0.15, 0.2) is 11.8 Å². The lowest BCUT2D eigenvalue weighted by atomic mass is 10.0. The third-order valence-corrected chi connectivity index (χ3v) is 9.07. The van der Waals surface area contributed by atoms with E-state index in [0.717, 1.165) is 21.7 Å². The molecule has 12 heteroatoms. The van der Waals surface area contributed by atoms with Crippen LogP contribution in [-0.4, -0.2) is 60.2 Å². The average Bonchev–Trinajstić information content (AvgIpc) is 3.50. The summed E-state index contributed by atoms with van der Waals surface area (Å²) >= 11 is 2.88. The summed E-state index contributed by atoms with van der Waals surface area (Å²) in [6.45, 7) is 5.26. The van der Waals surface area contributed by atoms with E-state index in [9.17, 15) is 14.4 Å². The maximum Gasteiger partial charge on any atom is 0.408 e. The van der Waals surface area contributed by atoms with E-state index in [1.165, 1.54) is 28.4 Å². The second-order valence-corrected chi connectivity index (χ2v) is 13.4. The average molecular weight is 642 g/mol. The molecule has 1 saturated heterocycles. The number of carbonyl (C=O) groups excluding carboxylic acids is 3. The first-order chi connectivity index (χ1) is 21.7. The number of ether oxygens (including phenoxy) is 2. The molecule has 0 spiro atoms. The van der Waals surface area contributed by atoms with Crippen molar-refractivity contribution in [3.8, 4) is 0 Å². The van der Waals surface area contributed by atoms with Gasteiger partial charge in [-0.15, -0.1) is 11.8 Å². The predicted molar refractivity (Wildman–Crippen MR) is 172 cm³/mol. The zero-order valence-electron chi connectivity index (χ0n) is 24.8. The van der Waals surface area contributed by atoms with Gasteiger partial charge < -0.3 is 14.8 Å². The molecule has 0 unspecified atom stereocenters. The summed E-state index contributed by atoms with van der Waals surface area (Å²) in [7, 11) is 0. The topological polar surface area (TPSA) is 115 Å². The van der Waals surface area contributed by atoms with Gasteiger partial charge in [-0.05, 0) is 55.0 Å². The van der Waals surface area contributed by atoms with Crippen molar-refractivity contribution in [3.63, 3.8) is 0 Å². The number of nitrogens with one attached hydrogen (secondary N) is 1. The largest absolute Gasteiger partial charge is 0.448 e. The van der Waals surface area contributed by atoms with Gasteiger partial charge in [0.2, 0.25) is 0 Å². The molecule has 2 aromatic carbocycles. The van der Waals surface area contributed by atoms with E-state index in [1.54, 1.807) is 43.9 Å². The standard InChI is InChI=1S/C33H31N5O5S2/c1-33(2,3)43-32(41)36-26-29(39)38-27(31(40)42-28(21-10-6-4-7-11-21)22-12-8-5-9-13-22)23(20-45-30(26)38)14-17-44-24-18-25-34-15-16-37(25)35-19-24/h4-19,26,28,30H,20H2,1-3H3,(H,36,41)/b17-14+/t26-,30-/m1/s1. The van der Waals surface area contributed by atoms with Crippen LogP contribution in [0.3, 0.4) is 0 Å². The number of allylic oxidation sites excluding steroid dienone is 1. The maximum atomic E-state index is 14.1. The highest BCUT2D eigenvalue weighted by Crippen LogP contribution is 2.42. The Morgan fingerprint density at radius 1 is 1.09 bits per heavy atom. The Labute approximate surface area is 268 Å². The highest BCUT2D eigenvalue weighted by molar-refractivity contribution is 8.02. The lowest BCUT2D eigenvalue weighted by Gasteiger charge is -2.49. The molecule has 0 aliphatic carbocycles. The van der Waals surface area contributed by atoms with Crippen molar-refractivity contribution in [2.24, 2.45) is 0 Å². The van der Waals surface area contributed by atoms with E-state index in [4.69, 9.17) is 9.47 Å². The van der Waals surface area contributed by atoms with Crippen LogP contribution in [0.15, 0.2) is 113 Å². The SMILES string of the molecule is CC(C)(C)OC(=O)N[C@@H]1C(=O)N2C(C(=O)OC(c3ccccc3)c3ccccc3)=C(/C=C/Sc3cnn4ccnc4c3)CS[C@H]12. The van der Waals surface area contributed by atoms with Gasteiger partial charge in [-0.2, -0.15) is 5.10 Å². The van der Waals surface area contributed by atoms with E-state index in [-0.39, 0.29) is 5.70 Å². The van der Waals surface area contributed by atoms with E-state index >= 15 is 0 Å². The molecule has 1 fully saturated rings. The molecule has 0 bridgehead atoms. The Balaban J connectivity index is 1.30. The van der Waals surface area contributed by atoms with Gasteiger partial charge in [-0.25, -0.2) is 19.1 Å². The lowest BCUT2D eigenvalue weighted by Crippen LogP contribution is -2.70. The van der Waals surface area contributed by atoms with Gasteiger partial charge in [0.05, 0.1) is 6.20 Å². The number of rotatable bonds is 8. The van der Waals surface area contributed by atoms with Gasteiger partial charge in [0, 0.05) is 23.0 Å². The Bertz CT molecular complexity index is 1750. The number of esters is 1. The van der Waals surface area contributed by atoms with Crippen LogP contribution < -0.4 is 5.32 Å². The minimum atomic E-state index is -0.834. The molecule has 4 aromatic rings. The van der Waals surface area contributed by atoms with Gasteiger partial charge in [-0.3, -0.25) is 9.69 Å². The lowest BCUT2D eigenvalue weighted by molar-refractivity contribution is -0.153. The first kappa shape index (κ1) is 30.5. The van der Waals surface area contributed by atoms with Crippen LogP contribution in [0.25, 0.3) is 5.65 Å². The summed E-state index contributed by atoms with van der Waals surface area (Å²) < 4.78 is 13.3. The minimum Gasteiger partial charge on any atom is -0.448 e. The third-order valence-electron chi connectivity index (χ3n) is 7.00. The summed E-state index contributed by atoms with van der Waals surface area (Å²) in [5.74, 6) is -0.623. The Morgan fingerprint density at radius 3 is 2.44 bits per heavy atom. The number of β-lactam (4-membered cyclic amide) rings is 1. The number of hydrogen-bond donors (Lipinski definition) is 1. The molecule has 2 atom stereocenters. The summed E-state index contributed by atoms with van der Waals surface area (Å²) in [6, 6.07) is 20.0. The van der Waals surface area contributed by atoms with Gasteiger partial charge in [-0.1, -0.05) is 72.4 Å². The highest BCUT2D eigenvalue weighted by atomic mass is 32.2. The van der Waals surface area contributed by atoms with Crippen LogP contribution in [0.1, 0.15) is 38.0 Å². The summed E-state index contributed by atoms with van der Waals surface area (Å²) in [4.78, 5) is 46.7. The Hall–Kier alpha value is -4.55. The summed E-state index contributed by atoms with van der Waals surface area (Å²) in [5.41, 5.74) is 2.38. The van der Waals surface area contributed by atoms with Crippen molar-refractivity contribution in [1.29, 1.82) is 0 Å². The quantitative estimate of drug-likeness (QED) is 0.146. The van der Waals surface area contributed by atoms with Gasteiger partial charge >= 0.3 is 12.1 Å². The number of imidazole rings is 1. The van der Waals surface area contributed by atoms with Crippen LogP contribution >= 0.6 is 23.5 Å². The van der Waals surface area contributed by atoms with Crippen molar-refractivity contribution >= 4 is 47.1 Å². The van der Waals surface area contributed by atoms with Crippen molar-refractivity contribution in [3.05, 3.63) is 119 Å². The van der Waals surface area contributed by atoms with Crippen LogP contribution in [0.5, 0.6) is 0 Å². The molecule has 10 nitrogen and oxygen atoms in total. The normalized spacial score (nSPS) is 18.2. The molecule has 2 aliphatic heterocycles. The molecular weight excluding hydrogens is 611 g/mol. The first-order valence-electron chi connectivity index (χ1n) is 14.3. The Morgan fingerprint density at radius 2 is 1.78 bits per heavy atom. The van der Waals surface area contributed by atoms with Crippen LogP contribution in [0, 0.1) is 0 Å². The first-order valence-corrected chi connectivity index (χ1v) is 16.2. The molecule has 2 amide bonds. The summed E-state index contributed by atoms with van der Waals surface area (Å²) in [6.07, 6.45) is 5.62. The molecule has 1 N–H and O–H groups in total. The van der Waals surface area contributed by atoms with Crippen molar-refractivity contribution in [2.45, 2.75) is 48.8 Å². The number of nitrogens with zero attached hydrogens (tertiary/aromatic N) is 4. The molecule has 4 heterocycles. The van der Waals surface area contributed by atoms with Crippen molar-refractivity contribution < 1.29 is 23.9 Å². The van der Waals surface area contributed by atoms with E-state index in [1.807, 2.05) is 78.2 Å². The number of carbonyl (C=O) groups is 3. The van der Waals surface area contributed by atoms with E-state index in [2.05, 4.69) is 15.4 Å². The fourth-order valence-electron chi connectivity index (χ4n) is 4.99. The monoisotopic (exact) mass is 641 g/mol. The summed E-state index contributed by atoms with van der Waals surface area (Å²) in [5, 5.41) is 8.39. The molecule has 6 rings (SSSR count). The molecule has 230 valence electrons. The van der Waals surface area contributed by atoms with E-state index in [0.29, 0.717) is 11.3 Å². The zero-order chi connectivity index (χ0) is 31.6. The number of hydrogen-bond acceptors (Lipinski definition) is 9. The van der Waals surface area contributed by atoms with Crippen LogP contribution in [-0.2, 0) is 19.1 Å². The molecule has 0 saturated carbocycles. The third kappa shape index (κ3) is 6.76. The maximum absolute atomic E-state index is 14.1. The molecule has 2 aromatic heterocycles. The molecule has 2 aliphatic rings. The highest BCUT2D eigenvalue weighted by Gasteiger charge is 2.54. The second-order valence-electron chi connectivity index (χ2n) is 11.4. The minimum absolute atomic E-state index is 0.154. The number of thioether (sulfide) groups is 2. The molecular formula is C33H31N5O5S2. The van der Waals surface area contributed by atoms with Crippen LogP contribution in [0.4, 0.5) is 4.79 Å². The number of alkyl carbamates (subject to hydrolysis) is 1. The molecule has 0 radical (unpaired) electrons. The fourth-order valence-corrected chi connectivity index (χ4v) is 6.98. The second kappa shape index (κ2) is 12.8. The zero-order valence-corrected chi connectivity index (χ0v) is 26.5. The van der Waals surface area contributed by atoms with Crippen molar-refractivity contribution in [2.75, 3.05) is 5.75 Å². The molecule has 45 heavy (non-hydrogen) atoms. The Kier molecular flexibility index (Phi) is 8.68. The van der Waals surface area contributed by atoms with Crippen molar-refractivity contribution in [1.82, 2.24) is 24.8 Å². The predicted octanol–water partition coefficient (Wildman–Crippen LogP) is 5.73. The number of benzene rings is 2. The number of amides is 2. The van der Waals surface area contributed by atoms with E-state index < -0.39 is 41.1 Å². The number of aromatic nitrogens is 3. The van der Waals surface area contributed by atoms with Gasteiger partial charge in [0.25, 0.3) is 5.91 Å². The smallest absolute Gasteiger partial charge is 0.408 e. The fraction of sp³-hybridized carbons (Fsp3) is 0.242.